The number of fused-ring (bicyclic) bond motifs is 2. The molecule has 4 aromatic rings. The first-order chi connectivity index (χ1) is 34.2. The summed E-state index contributed by atoms with van der Waals surface area (Å²) < 4.78 is 23.2. The Morgan fingerprint density at radius 2 is 0.710 bits per heavy atom. The maximum atomic E-state index is 13.0. The van der Waals surface area contributed by atoms with Crippen molar-refractivity contribution in [1.82, 2.24) is 0 Å². The Morgan fingerprint density at radius 1 is 0.362 bits per heavy atom. The van der Waals surface area contributed by atoms with Crippen LogP contribution in [0.4, 0.5) is 0 Å². The number of hydrogen-bond acceptors (Lipinski definition) is 5. The van der Waals surface area contributed by atoms with E-state index in [-0.39, 0.29) is 12.0 Å². The van der Waals surface area contributed by atoms with Crippen molar-refractivity contribution in [2.45, 2.75) is 6.61 Å². The Hall–Kier alpha value is -13.2. The maximum absolute atomic E-state index is 13.0. The molecule has 0 bridgehead atoms. The predicted molar refractivity (Wildman–Crippen MR) is 265 cm³/mol. The zero-order chi connectivity index (χ0) is 48.5. The van der Waals surface area contributed by atoms with Gasteiger partial charge in [-0.2, -0.15) is 0 Å². The van der Waals surface area contributed by atoms with Crippen molar-refractivity contribution >= 4 is 21.9 Å². The molecule has 5 heteroatoms. The third-order valence-electron chi connectivity index (χ3n) is 6.73. The zero-order valence-corrected chi connectivity index (χ0v) is 35.2. The minimum Gasteiger partial charge on any atom is -0.489 e. The van der Waals surface area contributed by atoms with Gasteiger partial charge in [0.15, 0.2) is 0 Å². The third-order valence-corrected chi connectivity index (χ3v) is 6.73. The topological polar surface area (TPSA) is 57.9 Å². The minimum atomic E-state index is -0.139. The van der Waals surface area contributed by atoms with Crippen LogP contribution in [0.25, 0.3) is 21.9 Å². The summed E-state index contributed by atoms with van der Waals surface area (Å²) in [5.74, 6) is 100. The molecule has 1 heterocycles. The normalized spacial score (nSPS) is 6.64. The Kier molecular flexibility index (Phi) is 22.3. The molecule has 1 aromatic heterocycles. The van der Waals surface area contributed by atoms with E-state index in [0.717, 1.165) is 0 Å². The highest BCUT2D eigenvalue weighted by atomic mass is 16.5. The average Bonchev–Trinajstić information content (AvgIpc) is 3.36. The van der Waals surface area contributed by atoms with Crippen molar-refractivity contribution < 1.29 is 18.6 Å². The molecule has 0 unspecified atom stereocenters. The molecule has 69 heavy (non-hydrogen) atoms. The standard InChI is InChI=1S/C64H14O5/c1-3-5-7-9-11-13-15-17-19-21-23-25-27-29-31-33-35-37-39-43-49-66-58-51-56(55-68-57-47-48-61-63(54-57)69-62-46-42-41-45-60(62)64(61)65)52-59(53-58)67-50-44-40-38-36-34-32-30-28-26-24-22-20-18-16-14-12-10-8-6-4-2/h1-2,41-42,45-48,51-54H,55H2. The molecule has 5 nitrogen and oxygen atoms in total. The third kappa shape index (κ3) is 20.8. The highest BCUT2D eigenvalue weighted by molar-refractivity contribution is 5.90. The van der Waals surface area contributed by atoms with Crippen LogP contribution >= 0.6 is 0 Å². The van der Waals surface area contributed by atoms with Gasteiger partial charge in [0.25, 0.3) is 0 Å². The largest absolute Gasteiger partial charge is 0.489 e. The Morgan fingerprint density at radius 3 is 1.10 bits per heavy atom. The van der Waals surface area contributed by atoms with E-state index in [1.165, 1.54) is 0 Å². The molecule has 300 valence electrons. The van der Waals surface area contributed by atoms with E-state index in [1.54, 1.807) is 60.7 Å². The summed E-state index contributed by atoms with van der Waals surface area (Å²) in [6, 6.07) is 16.9. The summed E-state index contributed by atoms with van der Waals surface area (Å²) in [5, 5.41) is 0.915. The highest BCUT2D eigenvalue weighted by Crippen LogP contribution is 2.26. The first-order valence-electron chi connectivity index (χ1n) is 18.7. The predicted octanol–water partition coefficient (Wildman–Crippen LogP) is 4.53. The summed E-state index contributed by atoms with van der Waals surface area (Å²) in [6.45, 7) is 0.0640. The molecule has 4 rings (SSSR count). The van der Waals surface area contributed by atoms with Crippen molar-refractivity contribution in [3.63, 3.8) is 0 Å². The van der Waals surface area contributed by atoms with Gasteiger partial charge in [0, 0.05) is 154 Å². The zero-order valence-electron chi connectivity index (χ0n) is 35.2. The van der Waals surface area contributed by atoms with E-state index in [1.807, 2.05) is 0 Å². The van der Waals surface area contributed by atoms with Gasteiger partial charge in [0.2, 0.25) is 5.43 Å². The first kappa shape index (κ1) is 48.5. The second-order valence-electron chi connectivity index (χ2n) is 11.1. The minimum absolute atomic E-state index is 0.0640. The Bertz CT molecular complexity index is 4100. The van der Waals surface area contributed by atoms with E-state index in [2.05, 4.69) is 249 Å². The summed E-state index contributed by atoms with van der Waals surface area (Å²) in [7, 11) is 0. The molecule has 3 aromatic carbocycles. The van der Waals surface area contributed by atoms with E-state index in [0.29, 0.717) is 44.8 Å². The summed E-state index contributed by atoms with van der Waals surface area (Å²) in [6.07, 6.45) is 14.9. The van der Waals surface area contributed by atoms with Crippen LogP contribution in [0, 0.1) is 262 Å². The van der Waals surface area contributed by atoms with Crippen molar-refractivity contribution in [3.05, 3.63) is 76.5 Å². The summed E-state index contributed by atoms with van der Waals surface area (Å²) in [5.41, 5.74) is 1.33. The lowest BCUT2D eigenvalue weighted by Crippen LogP contribution is -2.02. The molecular formula is C64H14O5. The quantitative estimate of drug-likeness (QED) is 0.218. The van der Waals surface area contributed by atoms with Gasteiger partial charge in [-0.1, -0.05) is 12.1 Å². The van der Waals surface area contributed by atoms with Crippen molar-refractivity contribution in [3.8, 4) is 279 Å². The Labute approximate surface area is 401 Å². The SMILES string of the molecule is C#CC#CC#CC#CC#CC#CC#CC#CC#CC#CC#COc1cc(COc2ccc3c(=O)c4ccccc4oc3c2)cc(OC#CC#CC#CC#CC#CC#CC#CC#CC#CC#CC#C)c1. The average molecular weight is 863 g/mol. The molecule has 0 radical (unpaired) electrons. The molecule has 0 aliphatic rings. The lowest BCUT2D eigenvalue weighted by molar-refractivity contribution is 0.305. The molecule has 0 aliphatic heterocycles. The number of rotatable bonds is 5. The van der Waals surface area contributed by atoms with Gasteiger partial charge in [0.1, 0.15) is 47.2 Å². The monoisotopic (exact) mass is 862 g/mol. The fourth-order valence-electron chi connectivity index (χ4n) is 4.22. The van der Waals surface area contributed by atoms with Gasteiger partial charge < -0.3 is 18.6 Å². The van der Waals surface area contributed by atoms with Gasteiger partial charge >= 0.3 is 0 Å². The molecule has 0 saturated carbocycles. The van der Waals surface area contributed by atoms with Gasteiger partial charge in [0.05, 0.1) is 10.8 Å². The molecule has 0 saturated heterocycles. The lowest BCUT2D eigenvalue weighted by atomic mass is 10.1. The maximum Gasteiger partial charge on any atom is 0.200 e. The van der Waals surface area contributed by atoms with Crippen LogP contribution in [0.1, 0.15) is 5.56 Å². The van der Waals surface area contributed by atoms with Gasteiger partial charge in [-0.15, -0.1) is 12.8 Å². The van der Waals surface area contributed by atoms with E-state index in [9.17, 15) is 4.79 Å². The number of terminal acetylenes is 2. The second kappa shape index (κ2) is 31.7. The van der Waals surface area contributed by atoms with Gasteiger partial charge in [-0.25, -0.2) is 0 Å². The van der Waals surface area contributed by atoms with Crippen LogP contribution in [-0.4, -0.2) is 0 Å². The van der Waals surface area contributed by atoms with Crippen molar-refractivity contribution in [1.29, 1.82) is 0 Å². The Balaban J connectivity index is 1.40. The van der Waals surface area contributed by atoms with E-state index < -0.39 is 0 Å². The van der Waals surface area contributed by atoms with Gasteiger partial charge in [-0.3, -0.25) is 4.79 Å². The lowest BCUT2D eigenvalue weighted by Gasteiger charge is -2.10. The summed E-state index contributed by atoms with van der Waals surface area (Å²) >= 11 is 0. The van der Waals surface area contributed by atoms with Gasteiger partial charge in [-0.05, 0) is 137 Å². The molecule has 0 aliphatic carbocycles. The molecule has 0 fully saturated rings. The van der Waals surface area contributed by atoms with Crippen LogP contribution < -0.4 is 19.6 Å². The number of ether oxygens (including phenoxy) is 3. The van der Waals surface area contributed by atoms with Crippen LogP contribution in [0.2, 0.25) is 0 Å². The fourth-order valence-corrected chi connectivity index (χ4v) is 4.22. The van der Waals surface area contributed by atoms with E-state index >= 15 is 0 Å². The smallest absolute Gasteiger partial charge is 0.200 e. The van der Waals surface area contributed by atoms with Crippen LogP contribution in [-0.2, 0) is 6.61 Å². The number of hydrogen-bond donors (Lipinski definition) is 0. The molecule has 0 atom stereocenters. The number of benzene rings is 3. The molecule has 0 spiro atoms. The van der Waals surface area contributed by atoms with Crippen LogP contribution in [0.15, 0.2) is 69.9 Å². The molecular weight excluding hydrogens is 849 g/mol. The van der Waals surface area contributed by atoms with Crippen LogP contribution in [0.5, 0.6) is 17.2 Å². The van der Waals surface area contributed by atoms with E-state index in [4.69, 9.17) is 31.5 Å². The number of para-hydroxylation sites is 1. The van der Waals surface area contributed by atoms with Crippen molar-refractivity contribution in [2.75, 3.05) is 0 Å². The second-order valence-corrected chi connectivity index (χ2v) is 11.1. The highest BCUT2D eigenvalue weighted by Gasteiger charge is 2.09. The fraction of sp³-hybridized carbons (Fsp3) is 0.0156. The molecule has 0 amide bonds. The van der Waals surface area contributed by atoms with Crippen LogP contribution in [0.3, 0.4) is 0 Å². The summed E-state index contributed by atoms with van der Waals surface area (Å²) in [4.78, 5) is 13.0. The molecule has 0 N–H and O–H groups in total. The van der Waals surface area contributed by atoms with Crippen molar-refractivity contribution in [2.24, 2.45) is 0 Å². The first-order valence-corrected chi connectivity index (χ1v) is 18.7.